The van der Waals surface area contributed by atoms with Gasteiger partial charge in [-0.25, -0.2) is 4.39 Å². The molecule has 4 nitrogen and oxygen atoms in total. The van der Waals surface area contributed by atoms with Crippen molar-refractivity contribution < 1.29 is 14.0 Å². The van der Waals surface area contributed by atoms with Crippen LogP contribution in [0.3, 0.4) is 0 Å². The molecule has 2 amide bonds. The van der Waals surface area contributed by atoms with Crippen molar-refractivity contribution in [1.29, 1.82) is 0 Å². The number of carbonyl (C=O) groups excluding carboxylic acids is 2. The number of nitrogens with one attached hydrogen (secondary N) is 1. The number of amides is 2. The third kappa shape index (κ3) is 7.48. The lowest BCUT2D eigenvalue weighted by molar-refractivity contribution is -0.138. The minimum Gasteiger partial charge on any atom is -0.352 e. The molecule has 2 aromatic carbocycles. The van der Waals surface area contributed by atoms with Crippen LogP contribution in [-0.4, -0.2) is 34.6 Å². The van der Waals surface area contributed by atoms with Crippen LogP contribution >= 0.6 is 11.8 Å². The van der Waals surface area contributed by atoms with Crippen LogP contribution in [0.25, 0.3) is 0 Å². The molecule has 2 aromatic rings. The van der Waals surface area contributed by atoms with Gasteiger partial charge in [0.25, 0.3) is 0 Å². The topological polar surface area (TPSA) is 49.4 Å². The molecule has 162 valence electrons. The summed E-state index contributed by atoms with van der Waals surface area (Å²) in [6, 6.07) is 13.8. The second kappa shape index (κ2) is 11.7. The standard InChI is InChI=1S/C24H31FN2O2S/c1-5-18(3)26-24(29)19(4)27(14-20-8-6-17(2)7-9-20)23(28)16-30-15-21-10-12-22(25)13-11-21/h6-13,18-19H,5,14-16H2,1-4H3,(H,26,29)/t18-,19+/m0/s1. The van der Waals surface area contributed by atoms with Crippen molar-refractivity contribution in [2.45, 2.75) is 58.5 Å². The van der Waals surface area contributed by atoms with Crippen LogP contribution in [0.2, 0.25) is 0 Å². The summed E-state index contributed by atoms with van der Waals surface area (Å²) in [6.07, 6.45) is 0.831. The third-order valence-corrected chi connectivity index (χ3v) is 6.04. The number of hydrogen-bond acceptors (Lipinski definition) is 3. The molecule has 0 aliphatic carbocycles. The predicted octanol–water partition coefficient (Wildman–Crippen LogP) is 4.70. The van der Waals surface area contributed by atoms with Gasteiger partial charge in [-0.05, 0) is 50.5 Å². The maximum Gasteiger partial charge on any atom is 0.242 e. The SMILES string of the molecule is CC[C@H](C)NC(=O)[C@@H](C)N(Cc1ccc(C)cc1)C(=O)CSCc1ccc(F)cc1. The van der Waals surface area contributed by atoms with Gasteiger partial charge in [0.05, 0.1) is 5.75 Å². The number of benzene rings is 2. The summed E-state index contributed by atoms with van der Waals surface area (Å²) in [5.41, 5.74) is 3.09. The summed E-state index contributed by atoms with van der Waals surface area (Å²) >= 11 is 1.46. The molecule has 1 N–H and O–H groups in total. The average molecular weight is 431 g/mol. The van der Waals surface area contributed by atoms with Crippen molar-refractivity contribution in [1.82, 2.24) is 10.2 Å². The summed E-state index contributed by atoms with van der Waals surface area (Å²) in [5, 5.41) is 2.97. The van der Waals surface area contributed by atoms with E-state index in [1.54, 1.807) is 24.0 Å². The second-order valence-corrected chi connectivity index (χ2v) is 8.61. The Morgan fingerprint density at radius 1 is 1.03 bits per heavy atom. The van der Waals surface area contributed by atoms with Gasteiger partial charge >= 0.3 is 0 Å². The summed E-state index contributed by atoms with van der Waals surface area (Å²) in [5.74, 6) is 0.357. The molecule has 0 fully saturated rings. The van der Waals surface area contributed by atoms with E-state index in [-0.39, 0.29) is 29.4 Å². The van der Waals surface area contributed by atoms with E-state index in [2.05, 4.69) is 5.32 Å². The number of rotatable bonds is 10. The van der Waals surface area contributed by atoms with Gasteiger partial charge in [-0.15, -0.1) is 11.8 Å². The predicted molar refractivity (Wildman–Crippen MR) is 122 cm³/mol. The summed E-state index contributed by atoms with van der Waals surface area (Å²) in [6.45, 7) is 8.13. The zero-order valence-electron chi connectivity index (χ0n) is 18.2. The van der Waals surface area contributed by atoms with Gasteiger partial charge in [0, 0.05) is 18.3 Å². The number of aryl methyl sites for hydroxylation is 1. The van der Waals surface area contributed by atoms with Crippen LogP contribution in [0.5, 0.6) is 0 Å². The Hall–Kier alpha value is -2.34. The van der Waals surface area contributed by atoms with Gasteiger partial charge in [0.15, 0.2) is 0 Å². The van der Waals surface area contributed by atoms with Gasteiger partial charge in [-0.3, -0.25) is 9.59 Å². The van der Waals surface area contributed by atoms with Crippen molar-refractivity contribution >= 4 is 23.6 Å². The third-order valence-electron chi connectivity index (χ3n) is 5.05. The van der Waals surface area contributed by atoms with E-state index >= 15 is 0 Å². The molecule has 0 saturated carbocycles. The van der Waals surface area contributed by atoms with E-state index in [0.717, 1.165) is 23.1 Å². The monoisotopic (exact) mass is 430 g/mol. The maximum atomic E-state index is 13.0. The van der Waals surface area contributed by atoms with E-state index in [1.807, 2.05) is 45.0 Å². The zero-order chi connectivity index (χ0) is 22.1. The fourth-order valence-corrected chi connectivity index (χ4v) is 3.73. The Labute approximate surface area is 183 Å². The van der Waals surface area contributed by atoms with Crippen LogP contribution in [0, 0.1) is 12.7 Å². The molecule has 0 spiro atoms. The highest BCUT2D eigenvalue weighted by Crippen LogP contribution is 2.17. The second-order valence-electron chi connectivity index (χ2n) is 7.62. The lowest BCUT2D eigenvalue weighted by Gasteiger charge is -2.29. The Kier molecular flexibility index (Phi) is 9.37. The first-order chi connectivity index (χ1) is 14.3. The molecule has 0 aliphatic rings. The molecule has 0 saturated heterocycles. The Morgan fingerprint density at radius 2 is 1.63 bits per heavy atom. The molecular formula is C24H31FN2O2S. The van der Waals surface area contributed by atoms with Gasteiger partial charge in [0.1, 0.15) is 11.9 Å². The first-order valence-corrected chi connectivity index (χ1v) is 11.4. The average Bonchev–Trinajstić information content (AvgIpc) is 2.74. The molecule has 0 aromatic heterocycles. The maximum absolute atomic E-state index is 13.0. The van der Waals surface area contributed by atoms with Gasteiger partial charge in [0.2, 0.25) is 11.8 Å². The van der Waals surface area contributed by atoms with Crippen LogP contribution < -0.4 is 5.32 Å². The lowest BCUT2D eigenvalue weighted by atomic mass is 10.1. The van der Waals surface area contributed by atoms with Crippen LogP contribution in [0.15, 0.2) is 48.5 Å². The molecule has 0 aliphatic heterocycles. The molecule has 2 atom stereocenters. The highest BCUT2D eigenvalue weighted by molar-refractivity contribution is 7.99. The van der Waals surface area contributed by atoms with Crippen molar-refractivity contribution in [3.05, 3.63) is 71.0 Å². The number of nitrogens with zero attached hydrogens (tertiary/aromatic N) is 1. The number of hydrogen-bond donors (Lipinski definition) is 1. The van der Waals surface area contributed by atoms with Gasteiger partial charge in [-0.1, -0.05) is 48.9 Å². The van der Waals surface area contributed by atoms with E-state index in [0.29, 0.717) is 12.3 Å². The highest BCUT2D eigenvalue weighted by atomic mass is 32.2. The molecule has 0 unspecified atom stereocenters. The highest BCUT2D eigenvalue weighted by Gasteiger charge is 2.26. The molecule has 30 heavy (non-hydrogen) atoms. The van der Waals surface area contributed by atoms with Crippen molar-refractivity contribution in [3.8, 4) is 0 Å². The molecule has 0 radical (unpaired) electrons. The van der Waals surface area contributed by atoms with E-state index in [4.69, 9.17) is 0 Å². The number of carbonyl (C=O) groups is 2. The largest absolute Gasteiger partial charge is 0.352 e. The first-order valence-electron chi connectivity index (χ1n) is 10.3. The molecule has 0 heterocycles. The lowest BCUT2D eigenvalue weighted by Crippen LogP contribution is -2.50. The van der Waals surface area contributed by atoms with Crippen LogP contribution in [0.1, 0.15) is 43.9 Å². The Morgan fingerprint density at radius 3 is 2.23 bits per heavy atom. The quantitative estimate of drug-likeness (QED) is 0.594. The Bertz CT molecular complexity index is 824. The van der Waals surface area contributed by atoms with Crippen LogP contribution in [-0.2, 0) is 21.9 Å². The van der Waals surface area contributed by atoms with E-state index in [9.17, 15) is 14.0 Å². The molecule has 6 heteroatoms. The van der Waals surface area contributed by atoms with Gasteiger partial charge in [-0.2, -0.15) is 0 Å². The summed E-state index contributed by atoms with van der Waals surface area (Å²) in [7, 11) is 0. The van der Waals surface area contributed by atoms with Gasteiger partial charge < -0.3 is 10.2 Å². The summed E-state index contributed by atoms with van der Waals surface area (Å²) in [4.78, 5) is 27.3. The van der Waals surface area contributed by atoms with Crippen molar-refractivity contribution in [3.63, 3.8) is 0 Å². The van der Waals surface area contributed by atoms with E-state index in [1.165, 1.54) is 23.9 Å². The normalized spacial score (nSPS) is 12.8. The van der Waals surface area contributed by atoms with Crippen molar-refractivity contribution in [2.24, 2.45) is 0 Å². The fraction of sp³-hybridized carbons (Fsp3) is 0.417. The fourth-order valence-electron chi connectivity index (χ4n) is 2.86. The first kappa shape index (κ1) is 23.9. The van der Waals surface area contributed by atoms with Crippen molar-refractivity contribution in [2.75, 3.05) is 5.75 Å². The zero-order valence-corrected chi connectivity index (χ0v) is 19.0. The molecule has 0 bridgehead atoms. The van der Waals surface area contributed by atoms with E-state index < -0.39 is 6.04 Å². The number of halogens is 1. The molecular weight excluding hydrogens is 399 g/mol. The van der Waals surface area contributed by atoms with Crippen LogP contribution in [0.4, 0.5) is 4.39 Å². The number of thioether (sulfide) groups is 1. The minimum atomic E-state index is -0.570. The Balaban J connectivity index is 2.06. The minimum absolute atomic E-state index is 0.0594. The molecule has 2 rings (SSSR count). The summed E-state index contributed by atoms with van der Waals surface area (Å²) < 4.78 is 13.0. The smallest absolute Gasteiger partial charge is 0.242 e.